The monoisotopic (exact) mass is 490 g/mol. The first-order valence-corrected chi connectivity index (χ1v) is 11.3. The minimum Gasteiger partial charge on any atom is -0.454 e. The second-order valence-corrected chi connectivity index (χ2v) is 8.71. The second-order valence-electron chi connectivity index (χ2n) is 7.87. The van der Waals surface area contributed by atoms with E-state index >= 15 is 0 Å². The third-order valence-electron chi connectivity index (χ3n) is 5.75. The summed E-state index contributed by atoms with van der Waals surface area (Å²) in [6.07, 6.45) is 4.16. The van der Waals surface area contributed by atoms with Gasteiger partial charge in [0.25, 0.3) is 11.8 Å². The predicted molar refractivity (Wildman–Crippen MR) is 125 cm³/mol. The molecule has 33 heavy (non-hydrogen) atoms. The Balaban J connectivity index is 1.57. The van der Waals surface area contributed by atoms with E-state index in [9.17, 15) is 19.6 Å². The largest absolute Gasteiger partial charge is 0.454 e. The van der Waals surface area contributed by atoms with E-state index in [1.807, 2.05) is 18.4 Å². The average molecular weight is 491 g/mol. The van der Waals surface area contributed by atoms with Crippen molar-refractivity contribution in [2.45, 2.75) is 45.6 Å². The molecule has 1 aliphatic carbocycles. The number of benzene rings is 1. The van der Waals surface area contributed by atoms with Crippen molar-refractivity contribution in [3.05, 3.63) is 50.6 Å². The minimum atomic E-state index is -0.789. The van der Waals surface area contributed by atoms with Crippen molar-refractivity contribution in [3.8, 4) is 6.07 Å². The molecule has 2 amide bonds. The number of rotatable bonds is 7. The fourth-order valence-electron chi connectivity index (χ4n) is 3.99. The van der Waals surface area contributed by atoms with Crippen molar-refractivity contribution in [3.63, 3.8) is 0 Å². The van der Waals surface area contributed by atoms with Crippen LogP contribution in [0, 0.1) is 25.2 Å². The molecule has 174 valence electrons. The zero-order valence-electron chi connectivity index (χ0n) is 18.3. The highest BCUT2D eigenvalue weighted by Gasteiger charge is 2.27. The fourth-order valence-corrected chi connectivity index (χ4v) is 4.49. The van der Waals surface area contributed by atoms with Crippen molar-refractivity contribution in [1.82, 2.24) is 9.88 Å². The van der Waals surface area contributed by atoms with Crippen LogP contribution in [-0.2, 0) is 14.3 Å². The molecule has 0 unspecified atom stereocenters. The summed E-state index contributed by atoms with van der Waals surface area (Å²) < 4.78 is 6.99. The fraction of sp³-hybridized carbons (Fsp3) is 0.391. The average Bonchev–Trinajstić information content (AvgIpc) is 3.37. The smallest absolute Gasteiger partial charge is 0.325 e. The lowest BCUT2D eigenvalue weighted by Gasteiger charge is -2.19. The van der Waals surface area contributed by atoms with Crippen LogP contribution in [0.25, 0.3) is 0 Å². The predicted octanol–water partition coefficient (Wildman–Crippen LogP) is 4.31. The van der Waals surface area contributed by atoms with E-state index in [1.54, 1.807) is 0 Å². The summed E-state index contributed by atoms with van der Waals surface area (Å²) in [4.78, 5) is 36.7. The molecule has 1 saturated carbocycles. The molecule has 0 radical (unpaired) electrons. The Morgan fingerprint density at radius 3 is 2.55 bits per heavy atom. The Labute approximate surface area is 201 Å². The molecule has 2 N–H and O–H groups in total. The van der Waals surface area contributed by atoms with E-state index in [2.05, 4.69) is 16.7 Å². The summed E-state index contributed by atoms with van der Waals surface area (Å²) in [6, 6.07) is 6.75. The van der Waals surface area contributed by atoms with E-state index < -0.39 is 30.9 Å². The number of esters is 1. The number of nitriles is 1. The molecule has 1 aromatic carbocycles. The van der Waals surface area contributed by atoms with Crippen LogP contribution in [-0.4, -0.2) is 35.5 Å². The molecule has 1 fully saturated rings. The Bertz CT molecular complexity index is 1130. The lowest BCUT2D eigenvalue weighted by Crippen LogP contribution is -2.32. The molecule has 0 bridgehead atoms. The van der Waals surface area contributed by atoms with Crippen LogP contribution in [0.15, 0.2) is 18.2 Å². The highest BCUT2D eigenvalue weighted by molar-refractivity contribution is 6.36. The van der Waals surface area contributed by atoms with Crippen LogP contribution in [0.2, 0.25) is 10.0 Å². The Morgan fingerprint density at radius 1 is 1.21 bits per heavy atom. The van der Waals surface area contributed by atoms with E-state index in [0.29, 0.717) is 16.4 Å². The van der Waals surface area contributed by atoms with Crippen LogP contribution >= 0.6 is 23.2 Å². The molecule has 8 nitrogen and oxygen atoms in total. The summed E-state index contributed by atoms with van der Waals surface area (Å²) in [6.45, 7) is 2.80. The Morgan fingerprint density at radius 2 is 1.91 bits per heavy atom. The first kappa shape index (κ1) is 24.6. The van der Waals surface area contributed by atoms with Crippen molar-refractivity contribution in [2.24, 2.45) is 0 Å². The maximum absolute atomic E-state index is 12.5. The number of hydrogen-bond acceptors (Lipinski definition) is 5. The number of anilines is 1. The second kappa shape index (κ2) is 10.7. The standard InChI is InChI=1S/C23H24Cl2N4O4/c1-13-14(2)29(16-5-3-4-6-16)22(18(13)10-26)28-20(30)12-33-21(31)11-27-23(32)17-8-7-15(24)9-19(17)25/h7-9,16H,3-6,11-12H2,1-2H3,(H,27,32)(H,28,30). The van der Waals surface area contributed by atoms with Crippen LogP contribution in [0.1, 0.15) is 58.9 Å². The third kappa shape index (κ3) is 5.67. The van der Waals surface area contributed by atoms with Crippen LogP contribution < -0.4 is 10.6 Å². The lowest BCUT2D eigenvalue weighted by atomic mass is 10.2. The van der Waals surface area contributed by atoms with Gasteiger partial charge in [-0.1, -0.05) is 36.0 Å². The zero-order valence-corrected chi connectivity index (χ0v) is 19.8. The number of carbonyl (C=O) groups excluding carboxylic acids is 3. The number of nitrogens with zero attached hydrogens (tertiary/aromatic N) is 2. The van der Waals surface area contributed by atoms with Crippen LogP contribution in [0.5, 0.6) is 0 Å². The molecule has 0 aliphatic heterocycles. The molecule has 0 saturated heterocycles. The normalized spacial score (nSPS) is 13.4. The quantitative estimate of drug-likeness (QED) is 0.561. The maximum atomic E-state index is 12.5. The number of nitrogens with one attached hydrogen (secondary N) is 2. The number of hydrogen-bond donors (Lipinski definition) is 2. The number of carbonyl (C=O) groups is 3. The Hall–Kier alpha value is -3.02. The molecule has 1 heterocycles. The van der Waals surface area contributed by atoms with Gasteiger partial charge in [0, 0.05) is 16.8 Å². The van der Waals surface area contributed by atoms with E-state index in [-0.39, 0.29) is 16.6 Å². The highest BCUT2D eigenvalue weighted by atomic mass is 35.5. The molecule has 10 heteroatoms. The molecule has 0 spiro atoms. The van der Waals surface area contributed by atoms with Crippen LogP contribution in [0.3, 0.4) is 0 Å². The summed E-state index contributed by atoms with van der Waals surface area (Å²) >= 11 is 11.8. The van der Waals surface area contributed by atoms with Gasteiger partial charge in [-0.05, 0) is 50.5 Å². The van der Waals surface area contributed by atoms with E-state index in [1.165, 1.54) is 18.2 Å². The van der Waals surface area contributed by atoms with Crippen molar-refractivity contribution in [2.75, 3.05) is 18.5 Å². The molecule has 1 aliphatic rings. The molecule has 0 atom stereocenters. The van der Waals surface area contributed by atoms with Gasteiger partial charge >= 0.3 is 5.97 Å². The van der Waals surface area contributed by atoms with Gasteiger partial charge < -0.3 is 19.9 Å². The van der Waals surface area contributed by atoms with Crippen molar-refractivity contribution in [1.29, 1.82) is 5.26 Å². The first-order chi connectivity index (χ1) is 15.7. The summed E-state index contributed by atoms with van der Waals surface area (Å²) in [5.74, 6) is -1.49. The summed E-state index contributed by atoms with van der Waals surface area (Å²) in [5, 5.41) is 15.3. The molecule has 1 aromatic heterocycles. The third-order valence-corrected chi connectivity index (χ3v) is 6.30. The van der Waals surface area contributed by atoms with Gasteiger partial charge in [0.05, 0.1) is 16.1 Å². The van der Waals surface area contributed by atoms with E-state index in [0.717, 1.165) is 36.9 Å². The Kier molecular flexibility index (Phi) is 8.01. The van der Waals surface area contributed by atoms with Gasteiger partial charge in [-0.3, -0.25) is 14.4 Å². The number of ether oxygens (including phenoxy) is 1. The topological polar surface area (TPSA) is 113 Å². The van der Waals surface area contributed by atoms with E-state index in [4.69, 9.17) is 27.9 Å². The lowest BCUT2D eigenvalue weighted by molar-refractivity contribution is -0.146. The van der Waals surface area contributed by atoms with Gasteiger partial charge in [-0.25, -0.2) is 0 Å². The zero-order chi connectivity index (χ0) is 24.1. The van der Waals surface area contributed by atoms with Crippen molar-refractivity contribution >= 4 is 46.8 Å². The van der Waals surface area contributed by atoms with Gasteiger partial charge in [0.1, 0.15) is 18.4 Å². The van der Waals surface area contributed by atoms with Crippen molar-refractivity contribution < 1.29 is 19.1 Å². The summed E-state index contributed by atoms with van der Waals surface area (Å²) in [7, 11) is 0. The molecule has 2 aromatic rings. The van der Waals surface area contributed by atoms with Gasteiger partial charge in [0.2, 0.25) is 0 Å². The SMILES string of the molecule is Cc1c(C#N)c(NC(=O)COC(=O)CNC(=O)c2ccc(Cl)cc2Cl)n(C2CCCC2)c1C. The summed E-state index contributed by atoms with van der Waals surface area (Å²) in [5.41, 5.74) is 2.33. The minimum absolute atomic E-state index is 0.150. The molecular formula is C23H24Cl2N4O4. The van der Waals surface area contributed by atoms with Crippen LogP contribution in [0.4, 0.5) is 5.82 Å². The van der Waals surface area contributed by atoms with Gasteiger partial charge in [-0.2, -0.15) is 5.26 Å². The highest BCUT2D eigenvalue weighted by Crippen LogP contribution is 2.37. The van der Waals surface area contributed by atoms with Gasteiger partial charge in [-0.15, -0.1) is 0 Å². The number of amides is 2. The first-order valence-electron chi connectivity index (χ1n) is 10.5. The number of aromatic nitrogens is 1. The van der Waals surface area contributed by atoms with Gasteiger partial charge in [0.15, 0.2) is 6.61 Å². The molecule has 3 rings (SSSR count). The maximum Gasteiger partial charge on any atom is 0.325 e. The number of halogens is 2. The molecular weight excluding hydrogens is 467 g/mol.